The number of amides is 2. The maximum atomic E-state index is 12.9. The minimum Gasteiger partial charge on any atom is -0.373 e. The zero-order chi connectivity index (χ0) is 14.8. The van der Waals surface area contributed by atoms with E-state index in [1.165, 1.54) is 4.90 Å². The van der Waals surface area contributed by atoms with E-state index in [0.717, 1.165) is 23.6 Å². The number of rotatable bonds is 1. The van der Waals surface area contributed by atoms with Crippen LogP contribution in [0.15, 0.2) is 42.5 Å². The van der Waals surface area contributed by atoms with Crippen molar-refractivity contribution in [2.75, 3.05) is 4.90 Å². The summed E-state index contributed by atoms with van der Waals surface area (Å²) in [7, 11) is 0. The number of hydrogen-bond donors (Lipinski definition) is 0. The predicted octanol–water partition coefficient (Wildman–Crippen LogP) is 2.51. The second kappa shape index (κ2) is 4.17. The molecule has 0 saturated carbocycles. The third-order valence-electron chi connectivity index (χ3n) is 5.29. The first-order valence-corrected chi connectivity index (χ1v) is 7.77. The second-order valence-corrected chi connectivity index (χ2v) is 6.35. The van der Waals surface area contributed by atoms with Gasteiger partial charge in [0, 0.05) is 5.39 Å². The van der Waals surface area contributed by atoms with Gasteiger partial charge >= 0.3 is 0 Å². The summed E-state index contributed by atoms with van der Waals surface area (Å²) >= 11 is 0. The number of benzene rings is 2. The zero-order valence-corrected chi connectivity index (χ0v) is 11.9. The molecule has 4 unspecified atom stereocenters. The maximum Gasteiger partial charge on any atom is 0.240 e. The van der Waals surface area contributed by atoms with Crippen LogP contribution in [-0.2, 0) is 14.3 Å². The standard InChI is InChI=1S/C18H15NO3/c20-17-15-13-8-9-14(22-13)16(15)18(21)19(17)12-7-3-5-10-4-1-2-6-11(10)12/h1-7,13-16H,8-9H2. The Kier molecular flexibility index (Phi) is 2.34. The van der Waals surface area contributed by atoms with Crippen molar-refractivity contribution in [2.45, 2.75) is 25.0 Å². The summed E-state index contributed by atoms with van der Waals surface area (Å²) in [4.78, 5) is 27.1. The third kappa shape index (κ3) is 1.40. The molecule has 4 atom stereocenters. The Morgan fingerprint density at radius 1 is 0.864 bits per heavy atom. The van der Waals surface area contributed by atoms with Gasteiger partial charge in [0.1, 0.15) is 0 Å². The van der Waals surface area contributed by atoms with E-state index in [1.807, 2.05) is 42.5 Å². The summed E-state index contributed by atoms with van der Waals surface area (Å²) in [6.45, 7) is 0. The Morgan fingerprint density at radius 2 is 1.50 bits per heavy atom. The molecule has 0 spiro atoms. The molecule has 3 heterocycles. The van der Waals surface area contributed by atoms with Crippen molar-refractivity contribution in [3.63, 3.8) is 0 Å². The molecule has 0 N–H and O–H groups in total. The largest absolute Gasteiger partial charge is 0.373 e. The van der Waals surface area contributed by atoms with Crippen molar-refractivity contribution in [1.82, 2.24) is 0 Å². The average Bonchev–Trinajstić information content (AvgIpc) is 3.21. The van der Waals surface area contributed by atoms with E-state index in [-0.39, 0.29) is 35.9 Å². The number of anilines is 1. The van der Waals surface area contributed by atoms with E-state index in [2.05, 4.69) is 0 Å². The fourth-order valence-corrected chi connectivity index (χ4v) is 4.35. The SMILES string of the molecule is O=C1C2C3CCC(O3)C2C(=O)N1c1cccc2ccccc12. The van der Waals surface area contributed by atoms with E-state index in [4.69, 9.17) is 4.74 Å². The topological polar surface area (TPSA) is 46.6 Å². The Hall–Kier alpha value is -2.20. The molecule has 0 aliphatic carbocycles. The molecule has 2 bridgehead atoms. The summed E-state index contributed by atoms with van der Waals surface area (Å²) < 4.78 is 5.78. The lowest BCUT2D eigenvalue weighted by Crippen LogP contribution is -2.34. The summed E-state index contributed by atoms with van der Waals surface area (Å²) in [5, 5.41) is 1.98. The van der Waals surface area contributed by atoms with E-state index >= 15 is 0 Å². The van der Waals surface area contributed by atoms with E-state index in [9.17, 15) is 9.59 Å². The van der Waals surface area contributed by atoms with Crippen LogP contribution < -0.4 is 4.90 Å². The molecule has 5 rings (SSSR count). The fraction of sp³-hybridized carbons (Fsp3) is 0.333. The monoisotopic (exact) mass is 293 g/mol. The maximum absolute atomic E-state index is 12.9. The Balaban J connectivity index is 1.66. The average molecular weight is 293 g/mol. The summed E-state index contributed by atoms with van der Waals surface area (Å²) in [5.41, 5.74) is 0.710. The normalized spacial score (nSPS) is 33.0. The molecule has 2 aromatic carbocycles. The van der Waals surface area contributed by atoms with Crippen molar-refractivity contribution >= 4 is 28.3 Å². The van der Waals surface area contributed by atoms with Crippen molar-refractivity contribution < 1.29 is 14.3 Å². The molecule has 4 nitrogen and oxygen atoms in total. The lowest BCUT2D eigenvalue weighted by molar-refractivity contribution is -0.124. The molecule has 4 heteroatoms. The van der Waals surface area contributed by atoms with Crippen molar-refractivity contribution in [2.24, 2.45) is 11.8 Å². The first-order valence-electron chi connectivity index (χ1n) is 7.77. The Labute approximate surface area is 127 Å². The quantitative estimate of drug-likeness (QED) is 0.759. The number of nitrogens with zero attached hydrogens (tertiary/aromatic N) is 1. The molecule has 0 aromatic heterocycles. The molecule has 2 amide bonds. The van der Waals surface area contributed by atoms with Gasteiger partial charge in [0.2, 0.25) is 11.8 Å². The van der Waals surface area contributed by atoms with Crippen LogP contribution in [0.5, 0.6) is 0 Å². The summed E-state index contributed by atoms with van der Waals surface area (Å²) in [5.74, 6) is -0.715. The van der Waals surface area contributed by atoms with Crippen LogP contribution in [0.4, 0.5) is 5.69 Å². The highest BCUT2D eigenvalue weighted by Gasteiger charge is 2.62. The van der Waals surface area contributed by atoms with Gasteiger partial charge in [0.05, 0.1) is 29.7 Å². The van der Waals surface area contributed by atoms with Crippen LogP contribution >= 0.6 is 0 Å². The van der Waals surface area contributed by atoms with E-state index < -0.39 is 0 Å². The van der Waals surface area contributed by atoms with Crippen molar-refractivity contribution in [1.29, 1.82) is 0 Å². The van der Waals surface area contributed by atoms with Crippen LogP contribution in [0.1, 0.15) is 12.8 Å². The van der Waals surface area contributed by atoms with Gasteiger partial charge in [0.25, 0.3) is 0 Å². The highest BCUT2D eigenvalue weighted by Crippen LogP contribution is 2.49. The minimum atomic E-state index is -0.273. The van der Waals surface area contributed by atoms with Crippen LogP contribution in [0.3, 0.4) is 0 Å². The van der Waals surface area contributed by atoms with Gasteiger partial charge in [-0.3, -0.25) is 9.59 Å². The highest BCUT2D eigenvalue weighted by molar-refractivity contribution is 6.25. The van der Waals surface area contributed by atoms with Crippen molar-refractivity contribution in [3.8, 4) is 0 Å². The molecule has 22 heavy (non-hydrogen) atoms. The van der Waals surface area contributed by atoms with E-state index in [0.29, 0.717) is 5.69 Å². The number of imide groups is 1. The number of hydrogen-bond acceptors (Lipinski definition) is 3. The predicted molar refractivity (Wildman–Crippen MR) is 81.3 cm³/mol. The Morgan fingerprint density at radius 3 is 2.23 bits per heavy atom. The van der Waals surface area contributed by atoms with Crippen LogP contribution in [-0.4, -0.2) is 24.0 Å². The van der Waals surface area contributed by atoms with Crippen LogP contribution in [0, 0.1) is 11.8 Å². The first-order chi connectivity index (χ1) is 10.8. The lowest BCUT2D eigenvalue weighted by atomic mass is 9.81. The molecule has 2 aromatic rings. The van der Waals surface area contributed by atoms with Gasteiger partial charge in [0.15, 0.2) is 0 Å². The third-order valence-corrected chi connectivity index (χ3v) is 5.29. The van der Waals surface area contributed by atoms with Gasteiger partial charge in [-0.2, -0.15) is 0 Å². The van der Waals surface area contributed by atoms with Crippen LogP contribution in [0.2, 0.25) is 0 Å². The lowest BCUT2D eigenvalue weighted by Gasteiger charge is -2.19. The molecule has 3 saturated heterocycles. The number of ether oxygens (including phenoxy) is 1. The second-order valence-electron chi connectivity index (χ2n) is 6.35. The first kappa shape index (κ1) is 12.4. The molecular formula is C18H15NO3. The molecule has 110 valence electrons. The molecule has 0 radical (unpaired) electrons. The van der Waals surface area contributed by atoms with Gasteiger partial charge < -0.3 is 4.74 Å². The van der Waals surface area contributed by atoms with E-state index in [1.54, 1.807) is 0 Å². The fourth-order valence-electron chi connectivity index (χ4n) is 4.35. The van der Waals surface area contributed by atoms with Gasteiger partial charge in [-0.15, -0.1) is 0 Å². The van der Waals surface area contributed by atoms with Crippen molar-refractivity contribution in [3.05, 3.63) is 42.5 Å². The molecule has 3 aliphatic heterocycles. The number of fused-ring (bicyclic) bond motifs is 6. The molecule has 3 fully saturated rings. The smallest absolute Gasteiger partial charge is 0.240 e. The Bertz CT molecular complexity index is 782. The zero-order valence-electron chi connectivity index (χ0n) is 11.9. The van der Waals surface area contributed by atoms with Gasteiger partial charge in [-0.25, -0.2) is 4.90 Å². The highest BCUT2D eigenvalue weighted by atomic mass is 16.5. The molecular weight excluding hydrogens is 278 g/mol. The summed E-state index contributed by atoms with van der Waals surface area (Å²) in [6, 6.07) is 13.6. The van der Waals surface area contributed by atoms with Gasteiger partial charge in [-0.05, 0) is 24.3 Å². The minimum absolute atomic E-state index is 0.0635. The molecule has 3 aliphatic rings. The van der Waals surface area contributed by atoms with Crippen LogP contribution in [0.25, 0.3) is 10.8 Å². The van der Waals surface area contributed by atoms with Gasteiger partial charge in [-0.1, -0.05) is 36.4 Å². The number of carbonyl (C=O) groups excluding carboxylic acids is 2. The summed E-state index contributed by atoms with van der Waals surface area (Å²) in [6.07, 6.45) is 1.67. The number of carbonyl (C=O) groups is 2.